The highest BCUT2D eigenvalue weighted by atomic mass is 32.1. The van der Waals surface area contributed by atoms with Crippen molar-refractivity contribution in [2.75, 3.05) is 6.61 Å². The summed E-state index contributed by atoms with van der Waals surface area (Å²) in [6.07, 6.45) is 1.78. The number of allylic oxidation sites excluding steroid dienone is 1. The second-order valence-electron chi connectivity index (χ2n) is 5.51. The van der Waals surface area contributed by atoms with Crippen LogP contribution in [0.2, 0.25) is 0 Å². The molecule has 0 atom stereocenters. The number of aryl methyl sites for hydroxylation is 2. The molecule has 0 saturated carbocycles. The lowest BCUT2D eigenvalue weighted by molar-refractivity contribution is -0.118. The first-order valence-corrected chi connectivity index (χ1v) is 8.09. The third-order valence-corrected chi connectivity index (χ3v) is 4.52. The summed E-state index contributed by atoms with van der Waals surface area (Å²) in [5.74, 6) is 1.14. The van der Waals surface area contributed by atoms with Crippen LogP contribution in [0.15, 0.2) is 29.3 Å². The molecule has 2 aromatic rings. The molecule has 0 saturated heterocycles. The van der Waals surface area contributed by atoms with Crippen LogP contribution in [-0.4, -0.2) is 18.2 Å². The fourth-order valence-corrected chi connectivity index (χ4v) is 3.24. The van der Waals surface area contributed by atoms with Crippen LogP contribution in [-0.2, 0) is 4.79 Å². The number of ketones is 2. The average Bonchev–Trinajstić information content (AvgIpc) is 3.02. The topological polar surface area (TPSA) is 52.6 Å². The van der Waals surface area contributed by atoms with E-state index in [1.54, 1.807) is 29.5 Å². The van der Waals surface area contributed by atoms with Gasteiger partial charge in [0.15, 0.2) is 11.5 Å². The van der Waals surface area contributed by atoms with Crippen LogP contribution in [0, 0.1) is 13.8 Å². The second kappa shape index (κ2) is 6.01. The van der Waals surface area contributed by atoms with Crippen molar-refractivity contribution in [1.82, 2.24) is 0 Å². The van der Waals surface area contributed by atoms with Gasteiger partial charge in [-0.2, -0.15) is 0 Å². The molecule has 2 heterocycles. The Balaban J connectivity index is 1.93. The van der Waals surface area contributed by atoms with Crippen LogP contribution >= 0.6 is 11.3 Å². The SMILES string of the molecule is CC(=O)COc1cc(C)c2c(c1)O/C(=C\c1sccc1C)C2=O. The molecular weight excluding hydrogens is 312 g/mol. The monoisotopic (exact) mass is 328 g/mol. The molecule has 1 aromatic carbocycles. The van der Waals surface area contributed by atoms with Gasteiger partial charge in [-0.05, 0) is 49.4 Å². The van der Waals surface area contributed by atoms with Gasteiger partial charge in [-0.25, -0.2) is 0 Å². The lowest BCUT2D eigenvalue weighted by Gasteiger charge is -2.07. The first-order chi connectivity index (χ1) is 11.0. The van der Waals surface area contributed by atoms with Crippen molar-refractivity contribution in [3.05, 3.63) is 50.9 Å². The zero-order valence-electron chi connectivity index (χ0n) is 13.1. The van der Waals surface area contributed by atoms with E-state index in [1.807, 2.05) is 25.3 Å². The van der Waals surface area contributed by atoms with Crippen LogP contribution in [0.1, 0.15) is 33.3 Å². The van der Waals surface area contributed by atoms with Crippen LogP contribution in [0.25, 0.3) is 6.08 Å². The third kappa shape index (κ3) is 3.05. The Morgan fingerprint density at radius 3 is 2.74 bits per heavy atom. The summed E-state index contributed by atoms with van der Waals surface area (Å²) >= 11 is 1.57. The number of carbonyl (C=O) groups excluding carboxylic acids is 2. The van der Waals surface area contributed by atoms with E-state index in [1.165, 1.54) is 6.92 Å². The van der Waals surface area contributed by atoms with Crippen molar-refractivity contribution >= 4 is 29.0 Å². The largest absolute Gasteiger partial charge is 0.486 e. The molecule has 0 N–H and O–H groups in total. The fraction of sp³-hybridized carbons (Fsp3) is 0.222. The zero-order chi connectivity index (χ0) is 16.6. The smallest absolute Gasteiger partial charge is 0.232 e. The summed E-state index contributed by atoms with van der Waals surface area (Å²) in [7, 11) is 0. The molecule has 0 amide bonds. The van der Waals surface area contributed by atoms with Gasteiger partial charge in [0.05, 0.1) is 5.56 Å². The highest BCUT2D eigenvalue weighted by Crippen LogP contribution is 2.38. The van der Waals surface area contributed by atoms with Gasteiger partial charge in [0.25, 0.3) is 0 Å². The van der Waals surface area contributed by atoms with E-state index < -0.39 is 0 Å². The van der Waals surface area contributed by atoms with E-state index in [2.05, 4.69) is 0 Å². The van der Waals surface area contributed by atoms with Gasteiger partial charge in [-0.3, -0.25) is 9.59 Å². The Labute approximate surface area is 138 Å². The number of benzene rings is 1. The lowest BCUT2D eigenvalue weighted by Crippen LogP contribution is -2.06. The highest BCUT2D eigenvalue weighted by Gasteiger charge is 2.30. The summed E-state index contributed by atoms with van der Waals surface area (Å²) < 4.78 is 11.1. The van der Waals surface area contributed by atoms with Gasteiger partial charge in [0.2, 0.25) is 5.78 Å². The molecule has 1 aromatic heterocycles. The van der Waals surface area contributed by atoms with E-state index in [0.717, 1.165) is 16.0 Å². The van der Waals surface area contributed by atoms with Crippen LogP contribution in [0.3, 0.4) is 0 Å². The Kier molecular flexibility index (Phi) is 4.05. The van der Waals surface area contributed by atoms with Crippen molar-refractivity contribution in [3.63, 3.8) is 0 Å². The summed E-state index contributed by atoms with van der Waals surface area (Å²) in [5.41, 5.74) is 2.44. The number of carbonyl (C=O) groups is 2. The fourth-order valence-electron chi connectivity index (χ4n) is 2.40. The van der Waals surface area contributed by atoms with Crippen molar-refractivity contribution in [1.29, 1.82) is 0 Å². The number of hydrogen-bond donors (Lipinski definition) is 0. The van der Waals surface area contributed by atoms with Crippen LogP contribution in [0.5, 0.6) is 11.5 Å². The molecule has 0 radical (unpaired) electrons. The molecule has 4 nitrogen and oxygen atoms in total. The Morgan fingerprint density at radius 1 is 1.30 bits per heavy atom. The molecule has 118 valence electrons. The third-order valence-electron chi connectivity index (χ3n) is 3.55. The summed E-state index contributed by atoms with van der Waals surface area (Å²) in [6.45, 7) is 5.29. The van der Waals surface area contributed by atoms with E-state index >= 15 is 0 Å². The number of hydrogen-bond acceptors (Lipinski definition) is 5. The standard InChI is InChI=1S/C18H16O4S/c1-10-4-5-23-16(10)8-15-18(20)17-11(2)6-13(7-14(17)22-15)21-9-12(3)19/h4-8H,9H2,1-3H3/b15-8-. The molecule has 0 bridgehead atoms. The van der Waals surface area contributed by atoms with E-state index in [4.69, 9.17) is 9.47 Å². The molecule has 23 heavy (non-hydrogen) atoms. The molecule has 1 aliphatic rings. The number of ether oxygens (including phenoxy) is 2. The van der Waals surface area contributed by atoms with Gasteiger partial charge >= 0.3 is 0 Å². The predicted molar refractivity (Wildman–Crippen MR) is 89.3 cm³/mol. The normalized spacial score (nSPS) is 14.7. The van der Waals surface area contributed by atoms with Gasteiger partial charge in [0.1, 0.15) is 18.1 Å². The van der Waals surface area contributed by atoms with Gasteiger partial charge in [-0.15, -0.1) is 11.3 Å². The van der Waals surface area contributed by atoms with E-state index in [0.29, 0.717) is 22.8 Å². The van der Waals surface area contributed by atoms with Crippen LogP contribution in [0.4, 0.5) is 0 Å². The quantitative estimate of drug-likeness (QED) is 0.798. The van der Waals surface area contributed by atoms with E-state index in [-0.39, 0.29) is 18.2 Å². The predicted octanol–water partition coefficient (Wildman–Crippen LogP) is 3.95. The van der Waals surface area contributed by atoms with E-state index in [9.17, 15) is 9.59 Å². The molecular formula is C18H16O4S. The molecule has 3 rings (SSSR count). The number of thiophene rings is 1. The molecule has 0 fully saturated rings. The minimum atomic E-state index is -0.122. The molecule has 5 heteroatoms. The molecule has 0 spiro atoms. The number of rotatable bonds is 4. The average molecular weight is 328 g/mol. The maximum absolute atomic E-state index is 12.5. The molecule has 1 aliphatic heterocycles. The highest BCUT2D eigenvalue weighted by molar-refractivity contribution is 7.11. The molecule has 0 unspecified atom stereocenters. The molecule has 0 aliphatic carbocycles. The number of fused-ring (bicyclic) bond motifs is 1. The maximum atomic E-state index is 12.5. The van der Waals surface area contributed by atoms with Crippen molar-refractivity contribution in [3.8, 4) is 11.5 Å². The lowest BCUT2D eigenvalue weighted by atomic mass is 10.0. The van der Waals surface area contributed by atoms with Gasteiger partial charge in [-0.1, -0.05) is 0 Å². The van der Waals surface area contributed by atoms with Crippen molar-refractivity contribution in [2.45, 2.75) is 20.8 Å². The zero-order valence-corrected chi connectivity index (χ0v) is 14.0. The first kappa shape index (κ1) is 15.5. The minimum absolute atomic E-state index is 0.00323. The van der Waals surface area contributed by atoms with Crippen LogP contribution < -0.4 is 9.47 Å². The number of Topliss-reactive ketones (excluding diaryl/α,β-unsaturated/α-hetero) is 2. The van der Waals surface area contributed by atoms with Crippen molar-refractivity contribution < 1.29 is 19.1 Å². The van der Waals surface area contributed by atoms with Crippen molar-refractivity contribution in [2.24, 2.45) is 0 Å². The maximum Gasteiger partial charge on any atom is 0.232 e. The second-order valence-corrected chi connectivity index (χ2v) is 6.46. The first-order valence-electron chi connectivity index (χ1n) is 7.21. The Hall–Kier alpha value is -2.40. The summed E-state index contributed by atoms with van der Waals surface area (Å²) in [5, 5.41) is 1.98. The van der Waals surface area contributed by atoms with Gasteiger partial charge in [0, 0.05) is 17.0 Å². The Morgan fingerprint density at radius 2 is 2.09 bits per heavy atom. The summed E-state index contributed by atoms with van der Waals surface area (Å²) in [6, 6.07) is 5.41. The minimum Gasteiger partial charge on any atom is -0.486 e. The van der Waals surface area contributed by atoms with Gasteiger partial charge < -0.3 is 9.47 Å². The summed E-state index contributed by atoms with van der Waals surface area (Å²) in [4.78, 5) is 24.6. The Bertz CT molecular complexity index is 830.